The molecule has 0 aromatic heterocycles. The van der Waals surface area contributed by atoms with Crippen molar-refractivity contribution in [2.75, 3.05) is 0 Å². The van der Waals surface area contributed by atoms with Crippen LogP contribution in [-0.2, 0) is 0 Å². The first-order chi connectivity index (χ1) is 5.70. The first-order valence-electron chi connectivity index (χ1n) is 3.36. The minimum atomic E-state index is -0.279. The number of aliphatic imine (C=N–C) groups is 1. The number of phenolic OH excluding ortho intramolecular Hbond substituents is 1. The Hall–Kier alpha value is -1.84. The Morgan fingerprint density at radius 2 is 2.17 bits per heavy atom. The van der Waals surface area contributed by atoms with Crippen LogP contribution in [0.5, 0.6) is 5.75 Å². The first kappa shape index (κ1) is 8.26. The van der Waals surface area contributed by atoms with Gasteiger partial charge in [0.15, 0.2) is 0 Å². The monoisotopic (exact) mass is 163 g/mol. The summed E-state index contributed by atoms with van der Waals surface area (Å²) >= 11 is 0. The normalized spacial score (nSPS) is 10.3. The first-order valence-corrected chi connectivity index (χ1v) is 3.36. The maximum absolute atomic E-state index is 9.22. The van der Waals surface area contributed by atoms with Crippen LogP contribution in [0.15, 0.2) is 29.3 Å². The fourth-order valence-electron chi connectivity index (χ4n) is 0.736. The van der Waals surface area contributed by atoms with Gasteiger partial charge in [-0.15, -0.1) is 0 Å². The molecule has 4 nitrogen and oxygen atoms in total. The Morgan fingerprint density at radius 3 is 2.75 bits per heavy atom. The molecule has 1 rings (SSSR count). The molecule has 0 bridgehead atoms. The molecule has 0 unspecified atom stereocenters. The Labute approximate surface area is 69.9 Å². The zero-order valence-corrected chi connectivity index (χ0v) is 6.36. The van der Waals surface area contributed by atoms with E-state index in [0.717, 1.165) is 0 Å². The van der Waals surface area contributed by atoms with E-state index in [1.807, 2.05) is 0 Å². The Balaban J connectivity index is 2.89. The summed E-state index contributed by atoms with van der Waals surface area (Å²) in [5.74, 6) is -0.152. The number of benzene rings is 1. The third kappa shape index (κ3) is 2.09. The summed E-state index contributed by atoms with van der Waals surface area (Å²) in [6.07, 6.45) is 1.34. The number of guanidine groups is 1. The minimum Gasteiger partial charge on any atom is -0.507 e. The summed E-state index contributed by atoms with van der Waals surface area (Å²) in [6, 6.07) is 6.70. The van der Waals surface area contributed by atoms with Crippen LogP contribution in [0.1, 0.15) is 5.56 Å². The maximum Gasteiger partial charge on any atom is 0.212 e. The van der Waals surface area contributed by atoms with Gasteiger partial charge in [-0.25, -0.2) is 4.99 Å². The SMILES string of the molecule is N=C(N)N=Cc1ccccc1O. The van der Waals surface area contributed by atoms with Gasteiger partial charge in [-0.2, -0.15) is 0 Å². The van der Waals surface area contributed by atoms with Crippen molar-refractivity contribution in [3.63, 3.8) is 0 Å². The average Bonchev–Trinajstić information content (AvgIpc) is 2.03. The van der Waals surface area contributed by atoms with Crippen molar-refractivity contribution < 1.29 is 5.11 Å². The van der Waals surface area contributed by atoms with E-state index in [1.54, 1.807) is 24.3 Å². The lowest BCUT2D eigenvalue weighted by Crippen LogP contribution is -2.05. The third-order valence-electron chi connectivity index (χ3n) is 1.28. The van der Waals surface area contributed by atoms with Crippen molar-refractivity contribution in [1.29, 1.82) is 5.41 Å². The summed E-state index contributed by atoms with van der Waals surface area (Å²) < 4.78 is 0. The molecule has 0 aliphatic rings. The van der Waals surface area contributed by atoms with Crippen molar-refractivity contribution >= 4 is 12.2 Å². The van der Waals surface area contributed by atoms with Crippen molar-refractivity contribution in [3.05, 3.63) is 29.8 Å². The van der Waals surface area contributed by atoms with Crippen molar-refractivity contribution in [1.82, 2.24) is 0 Å². The van der Waals surface area contributed by atoms with Gasteiger partial charge in [0.2, 0.25) is 5.96 Å². The average molecular weight is 163 g/mol. The molecular formula is C8H9N3O. The second-order valence-electron chi connectivity index (χ2n) is 2.20. The van der Waals surface area contributed by atoms with Gasteiger partial charge in [0, 0.05) is 11.8 Å². The van der Waals surface area contributed by atoms with Crippen LogP contribution in [0, 0.1) is 5.41 Å². The van der Waals surface area contributed by atoms with Crippen LogP contribution in [0.2, 0.25) is 0 Å². The lowest BCUT2D eigenvalue weighted by atomic mass is 10.2. The highest BCUT2D eigenvalue weighted by molar-refractivity contribution is 5.92. The third-order valence-corrected chi connectivity index (χ3v) is 1.28. The number of hydrogen-bond acceptors (Lipinski definition) is 2. The van der Waals surface area contributed by atoms with E-state index in [0.29, 0.717) is 5.56 Å². The highest BCUT2D eigenvalue weighted by Gasteiger charge is 1.93. The molecule has 1 aromatic rings. The lowest BCUT2D eigenvalue weighted by molar-refractivity contribution is 0.474. The minimum absolute atomic E-state index is 0.127. The van der Waals surface area contributed by atoms with Crippen molar-refractivity contribution in [3.8, 4) is 5.75 Å². The number of aromatic hydroxyl groups is 1. The molecular weight excluding hydrogens is 154 g/mol. The van der Waals surface area contributed by atoms with Crippen molar-refractivity contribution in [2.24, 2.45) is 10.7 Å². The van der Waals surface area contributed by atoms with Gasteiger partial charge in [-0.3, -0.25) is 5.41 Å². The number of nitrogens with one attached hydrogen (secondary N) is 1. The fraction of sp³-hybridized carbons (Fsp3) is 0. The molecule has 0 saturated heterocycles. The number of para-hydroxylation sites is 1. The van der Waals surface area contributed by atoms with Crippen LogP contribution >= 0.6 is 0 Å². The van der Waals surface area contributed by atoms with E-state index in [4.69, 9.17) is 11.1 Å². The van der Waals surface area contributed by atoms with E-state index < -0.39 is 0 Å². The van der Waals surface area contributed by atoms with Crippen LogP contribution in [0.25, 0.3) is 0 Å². The molecule has 0 aliphatic heterocycles. The molecule has 1 aromatic carbocycles. The second kappa shape index (κ2) is 3.52. The standard InChI is InChI=1S/C8H9N3O/c9-8(10)11-5-6-3-1-2-4-7(6)12/h1-5,12H,(H3,9,10). The number of nitrogens with zero attached hydrogens (tertiary/aromatic N) is 1. The maximum atomic E-state index is 9.22. The molecule has 12 heavy (non-hydrogen) atoms. The molecule has 62 valence electrons. The summed E-state index contributed by atoms with van der Waals surface area (Å²) in [5.41, 5.74) is 5.54. The van der Waals surface area contributed by atoms with Crippen LogP contribution in [-0.4, -0.2) is 17.3 Å². The Morgan fingerprint density at radius 1 is 1.50 bits per heavy atom. The molecule has 0 amide bonds. The molecule has 0 saturated carbocycles. The van der Waals surface area contributed by atoms with Gasteiger partial charge in [-0.05, 0) is 12.1 Å². The highest BCUT2D eigenvalue weighted by Crippen LogP contribution is 2.12. The zero-order valence-electron chi connectivity index (χ0n) is 6.36. The molecule has 0 aliphatic carbocycles. The van der Waals surface area contributed by atoms with E-state index in [9.17, 15) is 5.11 Å². The zero-order chi connectivity index (χ0) is 8.97. The lowest BCUT2D eigenvalue weighted by Gasteiger charge is -1.95. The number of hydrogen-bond donors (Lipinski definition) is 3. The number of rotatable bonds is 1. The summed E-state index contributed by atoms with van der Waals surface area (Å²) in [6.45, 7) is 0. The van der Waals surface area contributed by atoms with Gasteiger partial charge >= 0.3 is 0 Å². The van der Waals surface area contributed by atoms with Crippen LogP contribution < -0.4 is 5.73 Å². The quantitative estimate of drug-likeness (QED) is 0.420. The highest BCUT2D eigenvalue weighted by atomic mass is 16.3. The van der Waals surface area contributed by atoms with Gasteiger partial charge < -0.3 is 10.8 Å². The van der Waals surface area contributed by atoms with E-state index >= 15 is 0 Å². The molecule has 0 spiro atoms. The predicted molar refractivity (Wildman–Crippen MR) is 47.6 cm³/mol. The number of phenols is 1. The number of nitrogens with two attached hydrogens (primary N) is 1. The predicted octanol–water partition coefficient (Wildman–Crippen LogP) is 0.705. The van der Waals surface area contributed by atoms with Crippen LogP contribution in [0.4, 0.5) is 0 Å². The fourth-order valence-corrected chi connectivity index (χ4v) is 0.736. The Bertz CT molecular complexity index is 320. The summed E-state index contributed by atoms with van der Waals surface area (Å²) in [5, 5.41) is 16.0. The van der Waals surface area contributed by atoms with E-state index in [1.165, 1.54) is 6.21 Å². The molecule has 4 heteroatoms. The summed E-state index contributed by atoms with van der Waals surface area (Å²) in [4.78, 5) is 3.53. The van der Waals surface area contributed by atoms with Gasteiger partial charge in [0.05, 0.1) is 0 Å². The molecule has 0 heterocycles. The molecule has 0 atom stereocenters. The van der Waals surface area contributed by atoms with E-state index in [-0.39, 0.29) is 11.7 Å². The van der Waals surface area contributed by atoms with Crippen molar-refractivity contribution in [2.45, 2.75) is 0 Å². The van der Waals surface area contributed by atoms with Gasteiger partial charge in [0.25, 0.3) is 0 Å². The van der Waals surface area contributed by atoms with Crippen LogP contribution in [0.3, 0.4) is 0 Å². The summed E-state index contributed by atoms with van der Waals surface area (Å²) in [7, 11) is 0. The molecule has 4 N–H and O–H groups in total. The van der Waals surface area contributed by atoms with Gasteiger partial charge in [0.1, 0.15) is 5.75 Å². The molecule has 0 fully saturated rings. The largest absolute Gasteiger partial charge is 0.507 e. The smallest absolute Gasteiger partial charge is 0.212 e. The second-order valence-corrected chi connectivity index (χ2v) is 2.20. The molecule has 0 radical (unpaired) electrons. The van der Waals surface area contributed by atoms with E-state index in [2.05, 4.69) is 4.99 Å². The topological polar surface area (TPSA) is 82.5 Å². The Kier molecular flexibility index (Phi) is 2.42. The van der Waals surface area contributed by atoms with Gasteiger partial charge in [-0.1, -0.05) is 12.1 Å².